The quantitative estimate of drug-likeness (QED) is 0.609. The van der Waals surface area contributed by atoms with Crippen LogP contribution in [0.4, 0.5) is 0 Å². The lowest BCUT2D eigenvalue weighted by atomic mass is 10.1. The number of nitrogens with one attached hydrogen (secondary N) is 1. The van der Waals surface area contributed by atoms with Gasteiger partial charge < -0.3 is 5.32 Å². The summed E-state index contributed by atoms with van der Waals surface area (Å²) in [6, 6.07) is 0. The molecule has 1 nitrogen and oxygen atoms in total. The second-order valence-electron chi connectivity index (χ2n) is 2.23. The van der Waals surface area contributed by atoms with Crippen LogP contribution in [-0.2, 0) is 0 Å². The first-order valence-corrected chi connectivity index (χ1v) is 3.95. The largest absolute Gasteiger partial charge is 0.362 e. The van der Waals surface area contributed by atoms with E-state index in [1.54, 1.807) is 24.4 Å². The molecule has 13 heavy (non-hydrogen) atoms. The number of rotatable bonds is 6. The van der Waals surface area contributed by atoms with E-state index < -0.39 is 0 Å². The normalized spacial score (nSPS) is 11.7. The van der Waals surface area contributed by atoms with E-state index in [-0.39, 0.29) is 0 Å². The SMILES string of the molecule is C=C/C=C(C=C)\C(=C/C=C)NC=C. The van der Waals surface area contributed by atoms with Crippen LogP contribution in [-0.4, -0.2) is 0 Å². The summed E-state index contributed by atoms with van der Waals surface area (Å²) in [6.07, 6.45) is 10.5. The fraction of sp³-hybridized carbons (Fsp3) is 0. The molecule has 0 saturated heterocycles. The second-order valence-corrected chi connectivity index (χ2v) is 2.23. The monoisotopic (exact) mass is 173 g/mol. The molecule has 0 aromatic heterocycles. The van der Waals surface area contributed by atoms with Gasteiger partial charge in [-0.25, -0.2) is 0 Å². The first kappa shape index (κ1) is 11.2. The summed E-state index contributed by atoms with van der Waals surface area (Å²) in [6.45, 7) is 14.5. The van der Waals surface area contributed by atoms with Crippen molar-refractivity contribution in [2.24, 2.45) is 0 Å². The topological polar surface area (TPSA) is 12.0 Å². The van der Waals surface area contributed by atoms with Gasteiger partial charge in [0.05, 0.1) is 0 Å². The summed E-state index contributed by atoms with van der Waals surface area (Å²) in [7, 11) is 0. The van der Waals surface area contributed by atoms with Crippen LogP contribution in [0.5, 0.6) is 0 Å². The van der Waals surface area contributed by atoms with Gasteiger partial charge in [-0.05, 0) is 17.8 Å². The Bertz CT molecular complexity index is 267. The van der Waals surface area contributed by atoms with Crippen molar-refractivity contribution >= 4 is 0 Å². The Morgan fingerprint density at radius 2 is 1.54 bits per heavy atom. The van der Waals surface area contributed by atoms with E-state index in [9.17, 15) is 0 Å². The third-order valence-electron chi connectivity index (χ3n) is 1.37. The Balaban J connectivity index is 4.88. The average molecular weight is 173 g/mol. The Labute approximate surface area is 80.2 Å². The van der Waals surface area contributed by atoms with Crippen molar-refractivity contribution in [3.63, 3.8) is 0 Å². The van der Waals surface area contributed by atoms with Gasteiger partial charge in [-0.1, -0.05) is 50.6 Å². The molecule has 68 valence electrons. The van der Waals surface area contributed by atoms with Gasteiger partial charge >= 0.3 is 0 Å². The van der Waals surface area contributed by atoms with E-state index in [1.165, 1.54) is 0 Å². The molecule has 0 saturated carbocycles. The van der Waals surface area contributed by atoms with Crippen LogP contribution in [0.3, 0.4) is 0 Å². The molecule has 1 heteroatoms. The molecular formula is C12H15N. The minimum absolute atomic E-state index is 0.903. The predicted molar refractivity (Wildman–Crippen MR) is 60.1 cm³/mol. The third-order valence-corrected chi connectivity index (χ3v) is 1.37. The van der Waals surface area contributed by atoms with Crippen LogP contribution in [0.1, 0.15) is 0 Å². The molecule has 0 aromatic rings. The maximum Gasteiger partial charge on any atom is 0.0452 e. The van der Waals surface area contributed by atoms with E-state index in [0.29, 0.717) is 0 Å². The molecule has 0 heterocycles. The fourth-order valence-corrected chi connectivity index (χ4v) is 0.850. The summed E-state index contributed by atoms with van der Waals surface area (Å²) >= 11 is 0. The van der Waals surface area contributed by atoms with Gasteiger partial charge in [0.1, 0.15) is 0 Å². The zero-order chi connectivity index (χ0) is 10.1. The maximum absolute atomic E-state index is 3.70. The lowest BCUT2D eigenvalue weighted by Gasteiger charge is -2.06. The highest BCUT2D eigenvalue weighted by Gasteiger charge is 1.95. The van der Waals surface area contributed by atoms with Gasteiger partial charge in [-0.15, -0.1) is 0 Å². The van der Waals surface area contributed by atoms with Crippen molar-refractivity contribution in [2.75, 3.05) is 0 Å². The van der Waals surface area contributed by atoms with Crippen LogP contribution < -0.4 is 5.32 Å². The molecule has 0 radical (unpaired) electrons. The van der Waals surface area contributed by atoms with Crippen molar-refractivity contribution in [1.29, 1.82) is 0 Å². The highest BCUT2D eigenvalue weighted by atomic mass is 14.8. The van der Waals surface area contributed by atoms with E-state index in [4.69, 9.17) is 0 Å². The minimum Gasteiger partial charge on any atom is -0.362 e. The minimum atomic E-state index is 0.903. The maximum atomic E-state index is 3.70. The summed E-state index contributed by atoms with van der Waals surface area (Å²) in [5.74, 6) is 0. The summed E-state index contributed by atoms with van der Waals surface area (Å²) in [5, 5.41) is 2.99. The molecule has 0 atom stereocenters. The van der Waals surface area contributed by atoms with Crippen LogP contribution >= 0.6 is 0 Å². The van der Waals surface area contributed by atoms with Crippen LogP contribution in [0, 0.1) is 0 Å². The summed E-state index contributed by atoms with van der Waals surface area (Å²) in [5.41, 5.74) is 1.86. The molecule has 0 fully saturated rings. The van der Waals surface area contributed by atoms with E-state index in [1.807, 2.05) is 12.2 Å². The molecule has 0 spiro atoms. The number of hydrogen-bond acceptors (Lipinski definition) is 1. The van der Waals surface area contributed by atoms with Crippen molar-refractivity contribution in [2.45, 2.75) is 0 Å². The van der Waals surface area contributed by atoms with E-state index in [0.717, 1.165) is 11.3 Å². The van der Waals surface area contributed by atoms with Crippen LogP contribution in [0.2, 0.25) is 0 Å². The zero-order valence-electron chi connectivity index (χ0n) is 7.79. The molecular weight excluding hydrogens is 158 g/mol. The highest BCUT2D eigenvalue weighted by molar-refractivity contribution is 5.41. The highest BCUT2D eigenvalue weighted by Crippen LogP contribution is 2.08. The van der Waals surface area contributed by atoms with E-state index in [2.05, 4.69) is 31.6 Å². The molecule has 0 aromatic carbocycles. The summed E-state index contributed by atoms with van der Waals surface area (Å²) in [4.78, 5) is 0. The molecule has 0 unspecified atom stereocenters. The second kappa shape index (κ2) is 6.92. The summed E-state index contributed by atoms with van der Waals surface area (Å²) < 4.78 is 0. The molecule has 0 amide bonds. The van der Waals surface area contributed by atoms with Gasteiger partial charge in [0.25, 0.3) is 0 Å². The van der Waals surface area contributed by atoms with Gasteiger partial charge in [0, 0.05) is 5.70 Å². The van der Waals surface area contributed by atoms with Crippen molar-refractivity contribution < 1.29 is 0 Å². The average Bonchev–Trinajstić information content (AvgIpc) is 2.14. The smallest absolute Gasteiger partial charge is 0.0452 e. The number of hydrogen-bond donors (Lipinski definition) is 1. The molecule has 0 aliphatic carbocycles. The number of allylic oxidation sites excluding steroid dienone is 5. The zero-order valence-corrected chi connectivity index (χ0v) is 7.79. The first-order chi connectivity index (χ1) is 6.29. The lowest BCUT2D eigenvalue weighted by Crippen LogP contribution is -2.05. The fourth-order valence-electron chi connectivity index (χ4n) is 0.850. The van der Waals surface area contributed by atoms with Crippen molar-refractivity contribution in [1.82, 2.24) is 5.32 Å². The molecule has 0 aliphatic rings. The van der Waals surface area contributed by atoms with Gasteiger partial charge in [-0.2, -0.15) is 0 Å². The first-order valence-electron chi connectivity index (χ1n) is 3.95. The van der Waals surface area contributed by atoms with Crippen molar-refractivity contribution in [3.8, 4) is 0 Å². The van der Waals surface area contributed by atoms with Crippen LogP contribution in [0.25, 0.3) is 0 Å². The molecule has 1 N–H and O–H groups in total. The van der Waals surface area contributed by atoms with Gasteiger partial charge in [0.15, 0.2) is 0 Å². The van der Waals surface area contributed by atoms with Crippen molar-refractivity contribution in [3.05, 3.63) is 74.2 Å². The Hall–Kier alpha value is -1.76. The third kappa shape index (κ3) is 3.97. The standard InChI is InChI=1S/C12H15N/c1-5-9-11(7-3)12(10-6-2)13-8-4/h5-10,13H,1-4H2/b11-9-,12-10+. The Morgan fingerprint density at radius 3 is 1.92 bits per heavy atom. The lowest BCUT2D eigenvalue weighted by molar-refractivity contribution is 1.09. The van der Waals surface area contributed by atoms with Crippen LogP contribution in [0.15, 0.2) is 74.2 Å². The van der Waals surface area contributed by atoms with E-state index >= 15 is 0 Å². The predicted octanol–water partition coefficient (Wildman–Crippen LogP) is 3.09. The Kier molecular flexibility index (Phi) is 5.98. The molecule has 0 aliphatic heterocycles. The van der Waals surface area contributed by atoms with Gasteiger partial charge in [-0.3, -0.25) is 0 Å². The van der Waals surface area contributed by atoms with Gasteiger partial charge in [0.2, 0.25) is 0 Å². The molecule has 0 rings (SSSR count). The molecule has 0 bridgehead atoms. The Morgan fingerprint density at radius 1 is 0.923 bits per heavy atom.